The minimum absolute atomic E-state index is 0.210. The van der Waals surface area contributed by atoms with Crippen molar-refractivity contribution in [2.24, 2.45) is 5.73 Å². The third kappa shape index (κ3) is 4.33. The predicted molar refractivity (Wildman–Crippen MR) is 84.2 cm³/mol. The number of benzene rings is 2. The van der Waals surface area contributed by atoms with Gasteiger partial charge in [-0.05, 0) is 49.1 Å². The number of phenols is 1. The molecule has 0 aliphatic heterocycles. The van der Waals surface area contributed by atoms with E-state index in [1.54, 1.807) is 25.1 Å². The molecule has 2 aromatic rings. The van der Waals surface area contributed by atoms with E-state index >= 15 is 0 Å². The van der Waals surface area contributed by atoms with Crippen LogP contribution < -0.4 is 11.1 Å². The number of amides is 1. The summed E-state index contributed by atoms with van der Waals surface area (Å²) in [6.45, 7) is 1.78. The average molecular weight is 284 g/mol. The van der Waals surface area contributed by atoms with Crippen LogP contribution in [0.2, 0.25) is 0 Å². The zero-order chi connectivity index (χ0) is 15.2. The van der Waals surface area contributed by atoms with Gasteiger partial charge in [-0.15, -0.1) is 0 Å². The summed E-state index contributed by atoms with van der Waals surface area (Å²) in [7, 11) is 0. The molecule has 2 aromatic carbocycles. The molecule has 0 heterocycles. The number of phenolic OH excluding ortho intramolecular Hbond substituents is 1. The molecule has 1 atom stereocenters. The van der Waals surface area contributed by atoms with Crippen LogP contribution in [-0.4, -0.2) is 17.1 Å². The molecule has 0 saturated heterocycles. The molecule has 0 aliphatic carbocycles. The molecule has 0 aromatic heterocycles. The average Bonchev–Trinajstić information content (AvgIpc) is 2.49. The van der Waals surface area contributed by atoms with Crippen LogP contribution in [0.3, 0.4) is 0 Å². The molecule has 4 nitrogen and oxygen atoms in total. The maximum atomic E-state index is 12.0. The van der Waals surface area contributed by atoms with Gasteiger partial charge >= 0.3 is 0 Å². The molecular formula is C17H20N2O2. The first kappa shape index (κ1) is 15.1. The van der Waals surface area contributed by atoms with Crippen molar-refractivity contribution in [3.8, 4) is 5.75 Å². The third-order valence-corrected chi connectivity index (χ3v) is 3.39. The number of aryl methyl sites for hydroxylation is 2. The lowest BCUT2D eigenvalue weighted by atomic mass is 10.1. The van der Waals surface area contributed by atoms with E-state index in [-0.39, 0.29) is 11.7 Å². The van der Waals surface area contributed by atoms with Crippen LogP contribution in [0, 0.1) is 6.92 Å². The molecule has 0 fully saturated rings. The number of rotatable bonds is 5. The lowest BCUT2D eigenvalue weighted by molar-refractivity contribution is -0.117. The van der Waals surface area contributed by atoms with Gasteiger partial charge in [-0.25, -0.2) is 0 Å². The summed E-state index contributed by atoms with van der Waals surface area (Å²) < 4.78 is 0. The highest BCUT2D eigenvalue weighted by atomic mass is 16.3. The summed E-state index contributed by atoms with van der Waals surface area (Å²) in [6, 6.07) is 14.3. The van der Waals surface area contributed by atoms with Crippen LogP contribution in [0.5, 0.6) is 5.75 Å². The Morgan fingerprint density at radius 3 is 2.62 bits per heavy atom. The summed E-state index contributed by atoms with van der Waals surface area (Å²) in [5, 5.41) is 12.2. The highest BCUT2D eigenvalue weighted by molar-refractivity contribution is 5.94. The maximum absolute atomic E-state index is 12.0. The molecule has 4 heteroatoms. The fourth-order valence-corrected chi connectivity index (χ4v) is 2.07. The summed E-state index contributed by atoms with van der Waals surface area (Å²) in [4.78, 5) is 12.0. The topological polar surface area (TPSA) is 75.4 Å². The Balaban J connectivity index is 1.89. The molecular weight excluding hydrogens is 264 g/mol. The van der Waals surface area contributed by atoms with Gasteiger partial charge in [0.2, 0.25) is 5.91 Å². The quantitative estimate of drug-likeness (QED) is 0.739. The summed E-state index contributed by atoms with van der Waals surface area (Å²) in [5.41, 5.74) is 8.44. The Hall–Kier alpha value is -2.33. The second-order valence-corrected chi connectivity index (χ2v) is 5.12. The van der Waals surface area contributed by atoms with Crippen LogP contribution in [-0.2, 0) is 11.2 Å². The van der Waals surface area contributed by atoms with Gasteiger partial charge in [-0.3, -0.25) is 4.79 Å². The van der Waals surface area contributed by atoms with Gasteiger partial charge < -0.3 is 16.2 Å². The molecule has 4 N–H and O–H groups in total. The van der Waals surface area contributed by atoms with Crippen molar-refractivity contribution in [2.45, 2.75) is 25.8 Å². The standard InChI is InChI=1S/C17H20N2O2/c1-12-11-14(8-10-16(12)20)19-17(21)15(18)9-7-13-5-3-2-4-6-13/h2-6,8,10-11,15,20H,7,9,18H2,1H3,(H,19,21)/t15-/m0/s1. The molecule has 0 spiro atoms. The van der Waals surface area contributed by atoms with Crippen LogP contribution in [0.1, 0.15) is 17.5 Å². The SMILES string of the molecule is Cc1cc(NC(=O)[C@@H](N)CCc2ccccc2)ccc1O. The maximum Gasteiger partial charge on any atom is 0.241 e. The van der Waals surface area contributed by atoms with E-state index in [0.717, 1.165) is 6.42 Å². The Labute approximate surface area is 124 Å². The van der Waals surface area contributed by atoms with Gasteiger partial charge in [0.1, 0.15) is 5.75 Å². The number of aromatic hydroxyl groups is 1. The van der Waals surface area contributed by atoms with Gasteiger partial charge in [0, 0.05) is 5.69 Å². The van der Waals surface area contributed by atoms with Crippen molar-refractivity contribution in [1.29, 1.82) is 0 Å². The van der Waals surface area contributed by atoms with E-state index in [2.05, 4.69) is 5.32 Å². The monoisotopic (exact) mass is 284 g/mol. The predicted octanol–water partition coefficient (Wildman–Crippen LogP) is 2.60. The third-order valence-electron chi connectivity index (χ3n) is 3.39. The van der Waals surface area contributed by atoms with Crippen molar-refractivity contribution in [1.82, 2.24) is 0 Å². The van der Waals surface area contributed by atoms with E-state index in [1.165, 1.54) is 5.56 Å². The van der Waals surface area contributed by atoms with Crippen LogP contribution in [0.15, 0.2) is 48.5 Å². The van der Waals surface area contributed by atoms with Crippen molar-refractivity contribution in [3.63, 3.8) is 0 Å². The van der Waals surface area contributed by atoms with Gasteiger partial charge in [0.25, 0.3) is 0 Å². The highest BCUT2D eigenvalue weighted by Crippen LogP contribution is 2.20. The summed E-state index contributed by atoms with van der Waals surface area (Å²) >= 11 is 0. The van der Waals surface area contributed by atoms with Crippen molar-refractivity contribution in [3.05, 3.63) is 59.7 Å². The Morgan fingerprint density at radius 1 is 1.24 bits per heavy atom. The van der Waals surface area contributed by atoms with E-state index in [4.69, 9.17) is 5.73 Å². The van der Waals surface area contributed by atoms with E-state index in [0.29, 0.717) is 17.7 Å². The minimum atomic E-state index is -0.556. The largest absolute Gasteiger partial charge is 0.508 e. The number of carbonyl (C=O) groups excluding carboxylic acids is 1. The zero-order valence-corrected chi connectivity index (χ0v) is 12.0. The molecule has 1 amide bonds. The Kier molecular flexibility index (Phi) is 4.95. The molecule has 0 unspecified atom stereocenters. The zero-order valence-electron chi connectivity index (χ0n) is 12.0. The number of hydrogen-bond acceptors (Lipinski definition) is 3. The number of nitrogens with one attached hydrogen (secondary N) is 1. The number of hydrogen-bond donors (Lipinski definition) is 3. The number of carbonyl (C=O) groups is 1. The van der Waals surface area contributed by atoms with Crippen molar-refractivity contribution < 1.29 is 9.90 Å². The smallest absolute Gasteiger partial charge is 0.241 e. The van der Waals surface area contributed by atoms with Gasteiger partial charge in [0.15, 0.2) is 0 Å². The first-order valence-corrected chi connectivity index (χ1v) is 6.96. The summed E-state index contributed by atoms with van der Waals surface area (Å²) in [6.07, 6.45) is 1.36. The van der Waals surface area contributed by atoms with Crippen LogP contribution in [0.4, 0.5) is 5.69 Å². The Bertz CT molecular complexity index is 611. The molecule has 0 saturated carbocycles. The molecule has 2 rings (SSSR count). The molecule has 110 valence electrons. The summed E-state index contributed by atoms with van der Waals surface area (Å²) in [5.74, 6) is -0.00241. The second-order valence-electron chi connectivity index (χ2n) is 5.12. The molecule has 0 radical (unpaired) electrons. The molecule has 21 heavy (non-hydrogen) atoms. The lowest BCUT2D eigenvalue weighted by Gasteiger charge is -2.13. The molecule has 0 aliphatic rings. The van der Waals surface area contributed by atoms with Gasteiger partial charge in [0.05, 0.1) is 6.04 Å². The second kappa shape index (κ2) is 6.90. The first-order chi connectivity index (χ1) is 10.1. The van der Waals surface area contributed by atoms with Crippen LogP contribution >= 0.6 is 0 Å². The highest BCUT2D eigenvalue weighted by Gasteiger charge is 2.13. The van der Waals surface area contributed by atoms with E-state index in [1.807, 2.05) is 30.3 Å². The van der Waals surface area contributed by atoms with Crippen molar-refractivity contribution >= 4 is 11.6 Å². The number of nitrogens with two attached hydrogens (primary N) is 1. The fraction of sp³-hybridized carbons (Fsp3) is 0.235. The lowest BCUT2D eigenvalue weighted by Crippen LogP contribution is -2.36. The van der Waals surface area contributed by atoms with Gasteiger partial charge in [-0.1, -0.05) is 30.3 Å². The van der Waals surface area contributed by atoms with E-state index < -0.39 is 6.04 Å². The van der Waals surface area contributed by atoms with E-state index in [9.17, 15) is 9.90 Å². The first-order valence-electron chi connectivity index (χ1n) is 6.96. The fourth-order valence-electron chi connectivity index (χ4n) is 2.07. The van der Waals surface area contributed by atoms with Crippen molar-refractivity contribution in [2.75, 3.05) is 5.32 Å². The van der Waals surface area contributed by atoms with Gasteiger partial charge in [-0.2, -0.15) is 0 Å². The number of anilines is 1. The Morgan fingerprint density at radius 2 is 1.95 bits per heavy atom. The van der Waals surface area contributed by atoms with Crippen LogP contribution in [0.25, 0.3) is 0 Å². The molecule has 0 bridgehead atoms. The minimum Gasteiger partial charge on any atom is -0.508 e. The normalized spacial score (nSPS) is 11.9.